The highest BCUT2D eigenvalue weighted by molar-refractivity contribution is 5.40. The molecular weight excluding hydrogens is 253 g/mol. The van der Waals surface area contributed by atoms with Crippen molar-refractivity contribution < 1.29 is 9.13 Å². The second-order valence-corrected chi connectivity index (χ2v) is 5.18. The summed E-state index contributed by atoms with van der Waals surface area (Å²) in [6.45, 7) is 2.13. The molecule has 0 aliphatic carbocycles. The third-order valence-corrected chi connectivity index (χ3v) is 3.89. The fourth-order valence-electron chi connectivity index (χ4n) is 2.84. The summed E-state index contributed by atoms with van der Waals surface area (Å²) in [6, 6.07) is 12.6. The minimum absolute atomic E-state index is 0.0564. The molecule has 2 aromatic rings. The van der Waals surface area contributed by atoms with Gasteiger partial charge in [0.05, 0.1) is 0 Å². The molecule has 2 atom stereocenters. The number of rotatable bonds is 2. The maximum Gasteiger partial charge on any atom is 0.126 e. The van der Waals surface area contributed by atoms with Crippen LogP contribution in [0.5, 0.6) is 5.75 Å². The summed E-state index contributed by atoms with van der Waals surface area (Å²) in [5.74, 6) is 0.427. The number of aryl methyl sites for hydroxylation is 1. The Morgan fingerprint density at radius 1 is 1.20 bits per heavy atom. The van der Waals surface area contributed by atoms with Crippen molar-refractivity contribution >= 4 is 0 Å². The fourth-order valence-corrected chi connectivity index (χ4v) is 2.84. The topological polar surface area (TPSA) is 35.2 Å². The maximum atomic E-state index is 13.3. The number of halogens is 1. The largest absolute Gasteiger partial charge is 0.485 e. The molecule has 1 aliphatic rings. The molecule has 1 unspecified atom stereocenters. The van der Waals surface area contributed by atoms with Gasteiger partial charge in [-0.25, -0.2) is 4.39 Å². The third kappa shape index (κ3) is 2.29. The van der Waals surface area contributed by atoms with Crippen LogP contribution in [0.25, 0.3) is 0 Å². The van der Waals surface area contributed by atoms with E-state index < -0.39 is 0 Å². The van der Waals surface area contributed by atoms with Crippen molar-refractivity contribution in [3.63, 3.8) is 0 Å². The molecule has 0 amide bonds. The van der Waals surface area contributed by atoms with Crippen LogP contribution in [0, 0.1) is 5.82 Å². The molecule has 2 aromatic carbocycles. The van der Waals surface area contributed by atoms with Crippen LogP contribution in [0.1, 0.15) is 42.2 Å². The zero-order valence-corrected chi connectivity index (χ0v) is 11.5. The van der Waals surface area contributed by atoms with Gasteiger partial charge < -0.3 is 10.5 Å². The van der Waals surface area contributed by atoms with Crippen LogP contribution >= 0.6 is 0 Å². The second-order valence-electron chi connectivity index (χ2n) is 5.18. The Bertz CT molecular complexity index is 626. The van der Waals surface area contributed by atoms with E-state index in [2.05, 4.69) is 19.1 Å². The molecule has 0 spiro atoms. The Labute approximate surface area is 118 Å². The van der Waals surface area contributed by atoms with Crippen LogP contribution in [0.2, 0.25) is 0 Å². The van der Waals surface area contributed by atoms with E-state index in [4.69, 9.17) is 10.5 Å². The molecule has 3 heteroatoms. The molecule has 2 N–H and O–H groups in total. The molecule has 1 heterocycles. The highest BCUT2D eigenvalue weighted by atomic mass is 19.1. The third-order valence-electron chi connectivity index (χ3n) is 3.89. The first-order valence-electron chi connectivity index (χ1n) is 6.98. The molecule has 0 radical (unpaired) electrons. The summed E-state index contributed by atoms with van der Waals surface area (Å²) in [7, 11) is 0. The number of hydrogen-bond donors (Lipinski definition) is 1. The predicted octanol–water partition coefficient (Wildman–Crippen LogP) is 3.91. The summed E-state index contributed by atoms with van der Waals surface area (Å²) in [6.07, 6.45) is 1.58. The molecule has 0 fully saturated rings. The Morgan fingerprint density at radius 3 is 2.80 bits per heavy atom. The quantitative estimate of drug-likeness (QED) is 0.898. The molecule has 0 aromatic heterocycles. The van der Waals surface area contributed by atoms with Crippen molar-refractivity contribution in [2.45, 2.75) is 31.9 Å². The number of ether oxygens (including phenoxy) is 1. The second kappa shape index (κ2) is 5.25. The number of benzene rings is 2. The van der Waals surface area contributed by atoms with Gasteiger partial charge in [0.1, 0.15) is 17.7 Å². The summed E-state index contributed by atoms with van der Waals surface area (Å²) < 4.78 is 19.3. The standard InChI is InChI=1S/C17H18FNO/c1-2-11-5-3-4-6-13(11)17-10-15(19)14-9-12(18)7-8-16(14)20-17/h3-9,15,17H,2,10,19H2,1H3/t15-,17?/m0/s1. The minimum atomic E-state index is -0.268. The van der Waals surface area contributed by atoms with Gasteiger partial charge >= 0.3 is 0 Å². The van der Waals surface area contributed by atoms with Crippen molar-refractivity contribution in [1.82, 2.24) is 0 Å². The lowest BCUT2D eigenvalue weighted by Gasteiger charge is -2.31. The zero-order valence-electron chi connectivity index (χ0n) is 11.5. The minimum Gasteiger partial charge on any atom is -0.485 e. The van der Waals surface area contributed by atoms with Crippen molar-refractivity contribution in [3.8, 4) is 5.75 Å². The number of fused-ring (bicyclic) bond motifs is 1. The molecule has 3 rings (SSSR count). The lowest BCUT2D eigenvalue weighted by Crippen LogP contribution is -2.25. The average molecular weight is 271 g/mol. The highest BCUT2D eigenvalue weighted by Crippen LogP contribution is 2.40. The van der Waals surface area contributed by atoms with Crippen LogP contribution in [0.3, 0.4) is 0 Å². The zero-order chi connectivity index (χ0) is 14.1. The van der Waals surface area contributed by atoms with Gasteiger partial charge in [-0.3, -0.25) is 0 Å². The van der Waals surface area contributed by atoms with E-state index in [0.717, 1.165) is 12.0 Å². The molecule has 0 bridgehead atoms. The van der Waals surface area contributed by atoms with Crippen molar-refractivity contribution in [1.29, 1.82) is 0 Å². The van der Waals surface area contributed by atoms with E-state index in [1.807, 2.05) is 12.1 Å². The van der Waals surface area contributed by atoms with Gasteiger partial charge in [0.25, 0.3) is 0 Å². The fraction of sp³-hybridized carbons (Fsp3) is 0.294. The molecule has 0 saturated heterocycles. The van der Waals surface area contributed by atoms with Crippen LogP contribution < -0.4 is 10.5 Å². The van der Waals surface area contributed by atoms with E-state index in [1.54, 1.807) is 6.07 Å². The van der Waals surface area contributed by atoms with Crippen molar-refractivity contribution in [2.24, 2.45) is 5.73 Å². The number of nitrogens with two attached hydrogens (primary N) is 1. The van der Waals surface area contributed by atoms with E-state index >= 15 is 0 Å². The lowest BCUT2D eigenvalue weighted by molar-refractivity contribution is 0.160. The summed E-state index contributed by atoms with van der Waals surface area (Å²) >= 11 is 0. The van der Waals surface area contributed by atoms with Gasteiger partial charge in [0.2, 0.25) is 0 Å². The van der Waals surface area contributed by atoms with Crippen LogP contribution in [0.4, 0.5) is 4.39 Å². The normalized spacial score (nSPS) is 21.1. The Kier molecular flexibility index (Phi) is 3.45. The number of hydrogen-bond acceptors (Lipinski definition) is 2. The Morgan fingerprint density at radius 2 is 2.00 bits per heavy atom. The van der Waals surface area contributed by atoms with Crippen LogP contribution in [0.15, 0.2) is 42.5 Å². The van der Waals surface area contributed by atoms with E-state index in [-0.39, 0.29) is 18.0 Å². The van der Waals surface area contributed by atoms with Crippen LogP contribution in [-0.4, -0.2) is 0 Å². The molecular formula is C17H18FNO. The highest BCUT2D eigenvalue weighted by Gasteiger charge is 2.28. The molecule has 20 heavy (non-hydrogen) atoms. The summed E-state index contributed by atoms with van der Waals surface area (Å²) in [5, 5.41) is 0. The van der Waals surface area contributed by atoms with Gasteiger partial charge in [0, 0.05) is 18.0 Å². The monoisotopic (exact) mass is 271 g/mol. The van der Waals surface area contributed by atoms with E-state index in [1.165, 1.54) is 23.3 Å². The molecule has 0 saturated carbocycles. The molecule has 2 nitrogen and oxygen atoms in total. The summed E-state index contributed by atoms with van der Waals surface area (Å²) in [5.41, 5.74) is 9.40. The smallest absolute Gasteiger partial charge is 0.126 e. The predicted molar refractivity (Wildman–Crippen MR) is 77.1 cm³/mol. The lowest BCUT2D eigenvalue weighted by atomic mass is 9.91. The van der Waals surface area contributed by atoms with Gasteiger partial charge in [-0.15, -0.1) is 0 Å². The van der Waals surface area contributed by atoms with Crippen molar-refractivity contribution in [3.05, 3.63) is 65.0 Å². The van der Waals surface area contributed by atoms with Crippen molar-refractivity contribution in [2.75, 3.05) is 0 Å². The van der Waals surface area contributed by atoms with E-state index in [9.17, 15) is 4.39 Å². The van der Waals surface area contributed by atoms with Gasteiger partial charge in [-0.05, 0) is 35.7 Å². The first-order chi connectivity index (χ1) is 9.69. The SMILES string of the molecule is CCc1ccccc1C1C[C@H](N)c2cc(F)ccc2O1. The first-order valence-corrected chi connectivity index (χ1v) is 6.98. The van der Waals surface area contributed by atoms with Gasteiger partial charge in [-0.2, -0.15) is 0 Å². The Balaban J connectivity index is 1.97. The molecule has 104 valence electrons. The van der Waals surface area contributed by atoms with Gasteiger partial charge in [-0.1, -0.05) is 31.2 Å². The molecule has 1 aliphatic heterocycles. The average Bonchev–Trinajstić information content (AvgIpc) is 2.47. The Hall–Kier alpha value is -1.87. The van der Waals surface area contributed by atoms with Crippen LogP contribution in [-0.2, 0) is 6.42 Å². The first kappa shape index (κ1) is 13.1. The maximum absolute atomic E-state index is 13.3. The van der Waals surface area contributed by atoms with E-state index in [0.29, 0.717) is 12.2 Å². The van der Waals surface area contributed by atoms with Gasteiger partial charge in [0.15, 0.2) is 0 Å². The summed E-state index contributed by atoms with van der Waals surface area (Å²) in [4.78, 5) is 0.